The van der Waals surface area contributed by atoms with E-state index >= 15 is 0 Å². The first kappa shape index (κ1) is 16.2. The fourth-order valence-corrected chi connectivity index (χ4v) is 4.60. The van der Waals surface area contributed by atoms with Crippen LogP contribution in [0.3, 0.4) is 0 Å². The molecule has 1 aliphatic heterocycles. The standard InChI is InChI=1S/C11H22N2O3S.ClH/c1-16-11-4-5-13(10(6-11)7-12)17(14,15)8-9-2-3-9;/h9-11H,2-8,12H2,1H3;1H. The second-order valence-electron chi connectivity index (χ2n) is 5.10. The van der Waals surface area contributed by atoms with Gasteiger partial charge >= 0.3 is 0 Å². The molecular formula is C11H23ClN2O3S. The largest absolute Gasteiger partial charge is 0.381 e. The predicted octanol–water partition coefficient (Wildman–Crippen LogP) is 0.586. The number of nitrogens with two attached hydrogens (primary N) is 1. The number of methoxy groups -OCH3 is 1. The molecule has 1 heterocycles. The molecule has 0 radical (unpaired) electrons. The van der Waals surface area contributed by atoms with Crippen LogP contribution in [0.2, 0.25) is 0 Å². The van der Waals surface area contributed by atoms with Crippen LogP contribution in [0.5, 0.6) is 0 Å². The zero-order valence-electron chi connectivity index (χ0n) is 10.7. The maximum absolute atomic E-state index is 12.2. The van der Waals surface area contributed by atoms with Crippen molar-refractivity contribution in [2.45, 2.75) is 37.8 Å². The van der Waals surface area contributed by atoms with Crippen molar-refractivity contribution in [1.82, 2.24) is 4.31 Å². The van der Waals surface area contributed by atoms with Crippen molar-refractivity contribution in [3.05, 3.63) is 0 Å². The molecule has 18 heavy (non-hydrogen) atoms. The number of hydrogen-bond acceptors (Lipinski definition) is 4. The summed E-state index contributed by atoms with van der Waals surface area (Å²) in [6.45, 7) is 0.930. The highest BCUT2D eigenvalue weighted by atomic mass is 35.5. The van der Waals surface area contributed by atoms with Crippen molar-refractivity contribution in [2.24, 2.45) is 11.7 Å². The minimum atomic E-state index is -3.12. The highest BCUT2D eigenvalue weighted by molar-refractivity contribution is 7.89. The van der Waals surface area contributed by atoms with Crippen molar-refractivity contribution >= 4 is 22.4 Å². The molecular weight excluding hydrogens is 276 g/mol. The summed E-state index contributed by atoms with van der Waals surface area (Å²) < 4.78 is 31.4. The average Bonchev–Trinajstić information content (AvgIpc) is 3.11. The van der Waals surface area contributed by atoms with Crippen LogP contribution in [-0.4, -0.2) is 50.8 Å². The van der Waals surface area contributed by atoms with Gasteiger partial charge in [0.25, 0.3) is 0 Å². The summed E-state index contributed by atoms with van der Waals surface area (Å²) in [4.78, 5) is 0. The fraction of sp³-hybridized carbons (Fsp3) is 1.00. The molecule has 7 heteroatoms. The van der Waals surface area contributed by atoms with E-state index in [9.17, 15) is 8.42 Å². The minimum Gasteiger partial charge on any atom is -0.381 e. The second kappa shape index (κ2) is 6.52. The van der Waals surface area contributed by atoms with Crippen LogP contribution in [0.1, 0.15) is 25.7 Å². The number of ether oxygens (including phenoxy) is 1. The van der Waals surface area contributed by atoms with E-state index in [2.05, 4.69) is 0 Å². The highest BCUT2D eigenvalue weighted by Gasteiger charge is 2.38. The van der Waals surface area contributed by atoms with Gasteiger partial charge in [0.15, 0.2) is 0 Å². The number of rotatable bonds is 5. The number of piperidine rings is 1. The SMILES string of the molecule is COC1CCN(S(=O)(=O)CC2CC2)C(CN)C1.Cl. The zero-order chi connectivity index (χ0) is 12.5. The number of sulfonamides is 1. The van der Waals surface area contributed by atoms with Gasteiger partial charge in [-0.05, 0) is 31.6 Å². The lowest BCUT2D eigenvalue weighted by Crippen LogP contribution is -2.51. The third kappa shape index (κ3) is 3.81. The summed E-state index contributed by atoms with van der Waals surface area (Å²) in [5, 5.41) is 0. The van der Waals surface area contributed by atoms with E-state index in [1.807, 2.05) is 0 Å². The molecule has 0 bridgehead atoms. The minimum absolute atomic E-state index is 0. The van der Waals surface area contributed by atoms with E-state index in [0.717, 1.165) is 25.7 Å². The molecule has 108 valence electrons. The van der Waals surface area contributed by atoms with E-state index in [4.69, 9.17) is 10.5 Å². The lowest BCUT2D eigenvalue weighted by Gasteiger charge is -2.37. The van der Waals surface area contributed by atoms with Crippen LogP contribution >= 0.6 is 12.4 Å². The van der Waals surface area contributed by atoms with Gasteiger partial charge in [0, 0.05) is 26.2 Å². The second-order valence-corrected chi connectivity index (χ2v) is 7.07. The predicted molar refractivity (Wildman–Crippen MR) is 73.3 cm³/mol. The van der Waals surface area contributed by atoms with E-state index in [1.165, 1.54) is 0 Å². The lowest BCUT2D eigenvalue weighted by molar-refractivity contribution is 0.0401. The van der Waals surface area contributed by atoms with E-state index in [-0.39, 0.29) is 24.6 Å². The summed E-state index contributed by atoms with van der Waals surface area (Å²) in [6.07, 6.45) is 3.76. The molecule has 2 rings (SSSR count). The molecule has 0 spiro atoms. The van der Waals surface area contributed by atoms with Crippen molar-refractivity contribution < 1.29 is 13.2 Å². The van der Waals surface area contributed by atoms with Gasteiger partial charge in [-0.25, -0.2) is 8.42 Å². The molecule has 1 saturated carbocycles. The zero-order valence-corrected chi connectivity index (χ0v) is 12.4. The molecule has 0 amide bonds. The Morgan fingerprint density at radius 3 is 2.50 bits per heavy atom. The van der Waals surface area contributed by atoms with Crippen LogP contribution in [-0.2, 0) is 14.8 Å². The first-order chi connectivity index (χ1) is 8.06. The molecule has 0 aromatic heterocycles. The van der Waals surface area contributed by atoms with Gasteiger partial charge in [-0.3, -0.25) is 0 Å². The quantitative estimate of drug-likeness (QED) is 0.806. The Morgan fingerprint density at radius 1 is 1.33 bits per heavy atom. The maximum atomic E-state index is 12.2. The smallest absolute Gasteiger partial charge is 0.214 e. The molecule has 2 fully saturated rings. The van der Waals surface area contributed by atoms with Gasteiger partial charge in [0.1, 0.15) is 0 Å². The molecule has 1 saturated heterocycles. The van der Waals surface area contributed by atoms with E-state index < -0.39 is 10.0 Å². The van der Waals surface area contributed by atoms with Crippen molar-refractivity contribution in [2.75, 3.05) is 26.0 Å². The first-order valence-electron chi connectivity index (χ1n) is 6.29. The van der Waals surface area contributed by atoms with E-state index in [1.54, 1.807) is 11.4 Å². The van der Waals surface area contributed by atoms with Crippen LogP contribution in [0, 0.1) is 5.92 Å². The van der Waals surface area contributed by atoms with Crippen molar-refractivity contribution in [3.8, 4) is 0 Å². The topological polar surface area (TPSA) is 72.6 Å². The van der Waals surface area contributed by atoms with Gasteiger partial charge in [-0.15, -0.1) is 12.4 Å². The Hall–Kier alpha value is 0.120. The van der Waals surface area contributed by atoms with E-state index in [0.29, 0.717) is 24.8 Å². The van der Waals surface area contributed by atoms with Gasteiger partial charge in [0.05, 0.1) is 11.9 Å². The lowest BCUT2D eigenvalue weighted by atomic mass is 10.0. The molecule has 0 aromatic carbocycles. The highest BCUT2D eigenvalue weighted by Crippen LogP contribution is 2.32. The Kier molecular flexibility index (Phi) is 5.86. The van der Waals surface area contributed by atoms with Crippen LogP contribution < -0.4 is 5.73 Å². The summed E-state index contributed by atoms with van der Waals surface area (Å²) >= 11 is 0. The van der Waals surface area contributed by atoms with Crippen molar-refractivity contribution in [3.63, 3.8) is 0 Å². The van der Waals surface area contributed by atoms with Gasteiger partial charge in [0.2, 0.25) is 10.0 Å². The monoisotopic (exact) mass is 298 g/mol. The number of halogens is 1. The molecule has 2 N–H and O–H groups in total. The molecule has 1 aliphatic carbocycles. The summed E-state index contributed by atoms with van der Waals surface area (Å²) in [5.74, 6) is 0.694. The Bertz CT molecular complexity index is 359. The van der Waals surface area contributed by atoms with Crippen LogP contribution in [0.4, 0.5) is 0 Å². The van der Waals surface area contributed by atoms with Crippen molar-refractivity contribution in [1.29, 1.82) is 0 Å². The van der Waals surface area contributed by atoms with Gasteiger partial charge < -0.3 is 10.5 Å². The molecule has 2 aliphatic rings. The number of nitrogens with zero attached hydrogens (tertiary/aromatic N) is 1. The molecule has 5 nitrogen and oxygen atoms in total. The number of hydrogen-bond donors (Lipinski definition) is 1. The third-order valence-electron chi connectivity index (χ3n) is 3.72. The normalized spacial score (nSPS) is 29.9. The molecule has 2 unspecified atom stereocenters. The summed E-state index contributed by atoms with van der Waals surface area (Å²) in [7, 11) is -1.44. The fourth-order valence-electron chi connectivity index (χ4n) is 2.46. The maximum Gasteiger partial charge on any atom is 0.214 e. The molecule has 0 aromatic rings. The molecule has 2 atom stereocenters. The Balaban J connectivity index is 0.00000162. The van der Waals surface area contributed by atoms with Crippen LogP contribution in [0.15, 0.2) is 0 Å². The van der Waals surface area contributed by atoms with Gasteiger partial charge in [-0.1, -0.05) is 0 Å². The summed E-state index contributed by atoms with van der Waals surface area (Å²) in [5.41, 5.74) is 5.69. The van der Waals surface area contributed by atoms with Gasteiger partial charge in [-0.2, -0.15) is 4.31 Å². The third-order valence-corrected chi connectivity index (χ3v) is 5.81. The Labute approximate surface area is 116 Å². The first-order valence-corrected chi connectivity index (χ1v) is 7.90. The average molecular weight is 299 g/mol. The summed E-state index contributed by atoms with van der Waals surface area (Å²) in [6, 6.07) is -0.0857. The van der Waals surface area contributed by atoms with Crippen LogP contribution in [0.25, 0.3) is 0 Å². The Morgan fingerprint density at radius 2 is 2.00 bits per heavy atom.